The molecule has 0 aliphatic carbocycles. The van der Waals surface area contributed by atoms with Crippen LogP contribution in [0.25, 0.3) is 10.2 Å². The molecule has 0 atom stereocenters. The quantitative estimate of drug-likeness (QED) is 0.569. The van der Waals surface area contributed by atoms with Gasteiger partial charge in [-0.25, -0.2) is 4.98 Å². The average Bonchev–Trinajstić information content (AvgIpc) is 2.68. The van der Waals surface area contributed by atoms with Crippen molar-refractivity contribution in [2.75, 3.05) is 5.32 Å². The van der Waals surface area contributed by atoms with E-state index in [-0.39, 0.29) is 5.11 Å². The number of carbonyl (C=O) groups excluding carboxylic acids is 1. The lowest BCUT2D eigenvalue weighted by Crippen LogP contribution is -2.41. The number of alkyl halides is 3. The van der Waals surface area contributed by atoms with Crippen molar-refractivity contribution in [1.29, 1.82) is 0 Å². The number of benzene rings is 1. The second kappa shape index (κ2) is 6.17. The van der Waals surface area contributed by atoms with Crippen LogP contribution in [-0.2, 0) is 4.79 Å². The number of fused-ring (bicyclic) bond motifs is 1. The Morgan fingerprint density at radius 3 is 2.70 bits per heavy atom. The van der Waals surface area contributed by atoms with Gasteiger partial charge >= 0.3 is 0 Å². The number of hydrogen-bond donors (Lipinski definition) is 2. The highest BCUT2D eigenvalue weighted by atomic mass is 35.6. The number of anilines is 1. The summed E-state index contributed by atoms with van der Waals surface area (Å²) in [7, 11) is 0. The van der Waals surface area contributed by atoms with E-state index < -0.39 is 9.70 Å². The Morgan fingerprint density at radius 2 is 2.05 bits per heavy atom. The molecule has 0 unspecified atom stereocenters. The van der Waals surface area contributed by atoms with Gasteiger partial charge in [-0.1, -0.05) is 57.7 Å². The summed E-state index contributed by atoms with van der Waals surface area (Å²) < 4.78 is -1.19. The summed E-state index contributed by atoms with van der Waals surface area (Å²) in [6.07, 6.45) is 0. The van der Waals surface area contributed by atoms with Gasteiger partial charge in [-0.05, 0) is 30.4 Å². The number of thiazole rings is 1. The fraction of sp³-hybridized carbons (Fsp3) is 0.100. The molecule has 0 saturated heterocycles. The summed E-state index contributed by atoms with van der Waals surface area (Å²) in [5.74, 6) is -0.843. The van der Waals surface area contributed by atoms with Crippen molar-refractivity contribution in [1.82, 2.24) is 10.3 Å². The standard InChI is InChI=1S/C10H5Cl4N3OS2/c11-4-1-2-5-6(3-4)20-9(15-5)17-8(19)16-7(18)10(12,13)14/h1-3H,(H2,15,16,17,18,19). The summed E-state index contributed by atoms with van der Waals surface area (Å²) in [6, 6.07) is 5.29. The molecule has 20 heavy (non-hydrogen) atoms. The van der Waals surface area contributed by atoms with Crippen molar-refractivity contribution in [2.45, 2.75) is 3.79 Å². The predicted octanol–water partition coefficient (Wildman–Crippen LogP) is 4.13. The van der Waals surface area contributed by atoms with Gasteiger partial charge in [0.15, 0.2) is 10.2 Å². The van der Waals surface area contributed by atoms with Crippen molar-refractivity contribution in [3.05, 3.63) is 23.2 Å². The van der Waals surface area contributed by atoms with Crippen LogP contribution in [0.1, 0.15) is 0 Å². The molecule has 0 saturated carbocycles. The van der Waals surface area contributed by atoms with Crippen LogP contribution in [-0.4, -0.2) is 19.8 Å². The number of thiocarbonyl (C=S) groups is 1. The van der Waals surface area contributed by atoms with E-state index in [2.05, 4.69) is 15.6 Å². The maximum absolute atomic E-state index is 11.4. The Labute approximate surface area is 143 Å². The van der Waals surface area contributed by atoms with E-state index in [1.807, 2.05) is 0 Å². The molecule has 4 nitrogen and oxygen atoms in total. The second-order valence-corrected chi connectivity index (χ2v) is 7.69. The van der Waals surface area contributed by atoms with Crippen LogP contribution in [0.3, 0.4) is 0 Å². The number of hydrogen-bond acceptors (Lipinski definition) is 4. The molecule has 1 aromatic carbocycles. The van der Waals surface area contributed by atoms with Crippen LogP contribution in [0, 0.1) is 0 Å². The zero-order valence-corrected chi connectivity index (χ0v) is 14.1. The number of aromatic nitrogens is 1. The predicted molar refractivity (Wildman–Crippen MR) is 89.3 cm³/mol. The van der Waals surface area contributed by atoms with Gasteiger partial charge in [0.05, 0.1) is 10.2 Å². The molecule has 2 N–H and O–H groups in total. The summed E-state index contributed by atoms with van der Waals surface area (Å²) >= 11 is 28.4. The summed E-state index contributed by atoms with van der Waals surface area (Å²) in [6.45, 7) is 0. The van der Waals surface area contributed by atoms with Gasteiger partial charge in [0.2, 0.25) is 0 Å². The molecule has 0 fully saturated rings. The highest BCUT2D eigenvalue weighted by molar-refractivity contribution is 7.80. The van der Waals surface area contributed by atoms with Crippen LogP contribution in [0.5, 0.6) is 0 Å². The Morgan fingerprint density at radius 1 is 1.35 bits per heavy atom. The van der Waals surface area contributed by atoms with Gasteiger partial charge in [0, 0.05) is 5.02 Å². The number of halogens is 4. The molecule has 106 valence electrons. The summed E-state index contributed by atoms with van der Waals surface area (Å²) in [5, 5.41) is 6.09. The average molecular weight is 389 g/mol. The van der Waals surface area contributed by atoms with Gasteiger partial charge < -0.3 is 5.32 Å². The van der Waals surface area contributed by atoms with E-state index >= 15 is 0 Å². The molecule has 1 amide bonds. The molecule has 0 bridgehead atoms. The fourth-order valence-electron chi connectivity index (χ4n) is 1.25. The van der Waals surface area contributed by atoms with Crippen LogP contribution >= 0.6 is 70.0 Å². The Hall–Kier alpha value is -0.370. The van der Waals surface area contributed by atoms with Crippen molar-refractivity contribution >= 4 is 96.3 Å². The zero-order valence-electron chi connectivity index (χ0n) is 9.42. The molecular formula is C10H5Cl4N3OS2. The largest absolute Gasteiger partial charge is 0.308 e. The lowest BCUT2D eigenvalue weighted by molar-refractivity contribution is -0.118. The Bertz CT molecular complexity index is 683. The SMILES string of the molecule is O=C(NC(=S)Nc1nc2ccc(Cl)cc2s1)C(Cl)(Cl)Cl. The van der Waals surface area contributed by atoms with E-state index in [4.69, 9.17) is 58.6 Å². The molecule has 1 heterocycles. The number of nitrogens with one attached hydrogen (secondary N) is 2. The molecule has 2 aromatic rings. The van der Waals surface area contributed by atoms with E-state index in [9.17, 15) is 4.79 Å². The van der Waals surface area contributed by atoms with Crippen LogP contribution in [0.4, 0.5) is 5.13 Å². The number of amides is 1. The summed E-state index contributed by atoms with van der Waals surface area (Å²) in [5.41, 5.74) is 0.761. The lowest BCUT2D eigenvalue weighted by atomic mass is 10.3. The topological polar surface area (TPSA) is 54.0 Å². The monoisotopic (exact) mass is 387 g/mol. The van der Waals surface area contributed by atoms with E-state index in [0.717, 1.165) is 10.2 Å². The van der Waals surface area contributed by atoms with Gasteiger partial charge in [-0.3, -0.25) is 10.1 Å². The minimum absolute atomic E-state index is 0.00789. The zero-order chi connectivity index (χ0) is 14.9. The summed E-state index contributed by atoms with van der Waals surface area (Å²) in [4.78, 5) is 15.7. The highest BCUT2D eigenvalue weighted by Crippen LogP contribution is 2.28. The molecule has 0 spiro atoms. The third-order valence-corrected chi connectivity index (χ3v) is 3.94. The van der Waals surface area contributed by atoms with Gasteiger partial charge in [0.1, 0.15) is 0 Å². The smallest absolute Gasteiger partial charge is 0.278 e. The first kappa shape index (κ1) is 16.0. The van der Waals surface area contributed by atoms with Crippen molar-refractivity contribution in [3.8, 4) is 0 Å². The molecule has 1 aromatic heterocycles. The maximum Gasteiger partial charge on any atom is 0.278 e. The van der Waals surface area contributed by atoms with E-state index in [1.54, 1.807) is 18.2 Å². The normalized spacial score (nSPS) is 11.4. The van der Waals surface area contributed by atoms with Crippen molar-refractivity contribution in [3.63, 3.8) is 0 Å². The molecule has 0 aliphatic rings. The minimum atomic E-state index is -2.08. The highest BCUT2D eigenvalue weighted by Gasteiger charge is 2.31. The first-order valence-electron chi connectivity index (χ1n) is 5.01. The minimum Gasteiger partial charge on any atom is -0.308 e. The fourth-order valence-corrected chi connectivity index (χ4v) is 2.80. The first-order chi connectivity index (χ1) is 9.25. The first-order valence-corrected chi connectivity index (χ1v) is 7.74. The van der Waals surface area contributed by atoms with Crippen LogP contribution in [0.2, 0.25) is 5.02 Å². The molecular weight excluding hydrogens is 384 g/mol. The molecule has 10 heteroatoms. The third kappa shape index (κ3) is 4.07. The van der Waals surface area contributed by atoms with Crippen LogP contribution in [0.15, 0.2) is 18.2 Å². The van der Waals surface area contributed by atoms with Crippen molar-refractivity contribution < 1.29 is 4.79 Å². The number of nitrogens with zero attached hydrogens (tertiary/aromatic N) is 1. The van der Waals surface area contributed by atoms with E-state index in [0.29, 0.717) is 10.2 Å². The number of rotatable bonds is 1. The van der Waals surface area contributed by atoms with Gasteiger partial charge in [0.25, 0.3) is 9.70 Å². The Kier molecular flexibility index (Phi) is 4.94. The van der Waals surface area contributed by atoms with Gasteiger partial charge in [-0.2, -0.15) is 0 Å². The van der Waals surface area contributed by atoms with Gasteiger partial charge in [-0.15, -0.1) is 0 Å². The molecule has 0 aliphatic heterocycles. The van der Waals surface area contributed by atoms with Crippen LogP contribution < -0.4 is 10.6 Å². The second-order valence-electron chi connectivity index (χ2n) is 3.54. The third-order valence-electron chi connectivity index (χ3n) is 2.06. The lowest BCUT2D eigenvalue weighted by Gasteiger charge is -2.11. The molecule has 0 radical (unpaired) electrons. The maximum atomic E-state index is 11.4. The molecule has 2 rings (SSSR count). The van der Waals surface area contributed by atoms with E-state index in [1.165, 1.54) is 11.3 Å². The Balaban J connectivity index is 2.08. The van der Waals surface area contributed by atoms with Crippen molar-refractivity contribution in [2.24, 2.45) is 0 Å². The number of carbonyl (C=O) groups is 1.